The molecule has 0 saturated carbocycles. The van der Waals surface area contributed by atoms with Gasteiger partial charge in [0, 0.05) is 20.5 Å². The SMILES string of the molecule is Clc1cccc(N2CSc3cccc(c3)SC2)c1. The summed E-state index contributed by atoms with van der Waals surface area (Å²) in [7, 11) is 0. The Hall–Kier alpha value is -0.770. The number of rotatable bonds is 1. The monoisotopic (exact) mass is 293 g/mol. The third-order valence-electron chi connectivity index (χ3n) is 2.75. The molecule has 0 unspecified atom stereocenters. The summed E-state index contributed by atoms with van der Waals surface area (Å²) in [5.74, 6) is 1.91. The molecule has 4 heteroatoms. The van der Waals surface area contributed by atoms with Crippen LogP contribution in [0.2, 0.25) is 5.02 Å². The van der Waals surface area contributed by atoms with E-state index in [9.17, 15) is 0 Å². The normalized spacial score (nSPS) is 15.1. The lowest BCUT2D eigenvalue weighted by atomic mass is 10.3. The molecule has 3 rings (SSSR count). The number of fused-ring (bicyclic) bond motifs is 2. The topological polar surface area (TPSA) is 3.24 Å². The molecule has 0 radical (unpaired) electrons. The smallest absolute Gasteiger partial charge is 0.0694 e. The molecule has 0 N–H and O–H groups in total. The molecule has 0 aromatic heterocycles. The predicted molar refractivity (Wildman–Crippen MR) is 81.8 cm³/mol. The summed E-state index contributed by atoms with van der Waals surface area (Å²) < 4.78 is 0. The van der Waals surface area contributed by atoms with Gasteiger partial charge in [-0.15, -0.1) is 23.5 Å². The minimum atomic E-state index is 0.795. The van der Waals surface area contributed by atoms with Crippen LogP contribution in [0.1, 0.15) is 0 Å². The highest BCUT2D eigenvalue weighted by molar-refractivity contribution is 8.00. The maximum atomic E-state index is 6.06. The molecule has 2 aromatic rings. The van der Waals surface area contributed by atoms with E-state index in [4.69, 9.17) is 11.6 Å². The number of nitrogens with zero attached hydrogens (tertiary/aromatic N) is 1. The first-order valence-corrected chi connectivity index (χ1v) is 8.02. The zero-order valence-corrected chi connectivity index (χ0v) is 12.1. The Bertz CT molecular complexity index is 536. The molecular weight excluding hydrogens is 282 g/mol. The zero-order valence-electron chi connectivity index (χ0n) is 9.67. The molecule has 0 amide bonds. The van der Waals surface area contributed by atoms with Crippen molar-refractivity contribution in [2.24, 2.45) is 0 Å². The summed E-state index contributed by atoms with van der Waals surface area (Å²) in [5.41, 5.74) is 1.19. The minimum absolute atomic E-state index is 0.795. The van der Waals surface area contributed by atoms with Crippen molar-refractivity contribution < 1.29 is 0 Å². The summed E-state index contributed by atoms with van der Waals surface area (Å²) in [6, 6.07) is 16.8. The zero-order chi connectivity index (χ0) is 12.4. The highest BCUT2D eigenvalue weighted by Crippen LogP contribution is 2.32. The van der Waals surface area contributed by atoms with Gasteiger partial charge in [-0.05, 0) is 36.4 Å². The molecule has 0 saturated heterocycles. The van der Waals surface area contributed by atoms with Crippen LogP contribution in [0.5, 0.6) is 0 Å². The quantitative estimate of drug-likeness (QED) is 0.731. The Kier molecular flexibility index (Phi) is 3.73. The number of thioether (sulfide) groups is 2. The van der Waals surface area contributed by atoms with Gasteiger partial charge in [0.15, 0.2) is 0 Å². The Balaban J connectivity index is 1.84. The molecule has 0 fully saturated rings. The summed E-state index contributed by atoms with van der Waals surface area (Å²) in [6.07, 6.45) is 0. The van der Waals surface area contributed by atoms with Crippen molar-refractivity contribution in [2.45, 2.75) is 9.79 Å². The van der Waals surface area contributed by atoms with Gasteiger partial charge in [0.2, 0.25) is 0 Å². The average Bonchev–Trinajstić information content (AvgIpc) is 2.38. The van der Waals surface area contributed by atoms with Crippen molar-refractivity contribution in [1.82, 2.24) is 0 Å². The molecule has 2 bridgehead atoms. The molecule has 1 nitrogen and oxygen atoms in total. The lowest BCUT2D eigenvalue weighted by molar-refractivity contribution is 1.05. The van der Waals surface area contributed by atoms with E-state index in [0.717, 1.165) is 16.8 Å². The van der Waals surface area contributed by atoms with Gasteiger partial charge in [0.05, 0.1) is 11.8 Å². The fourth-order valence-electron chi connectivity index (χ4n) is 1.82. The standard InChI is InChI=1S/C14H12ClNS2/c15-11-3-1-4-12(7-11)16-9-17-13-5-2-6-14(8-13)18-10-16/h1-8H,9-10H2. The van der Waals surface area contributed by atoms with Crippen LogP contribution in [-0.4, -0.2) is 11.8 Å². The van der Waals surface area contributed by atoms with Crippen molar-refractivity contribution in [3.8, 4) is 0 Å². The summed E-state index contributed by atoms with van der Waals surface area (Å²) >= 11 is 9.79. The fraction of sp³-hybridized carbons (Fsp3) is 0.143. The number of halogens is 1. The highest BCUT2D eigenvalue weighted by Gasteiger charge is 2.11. The van der Waals surface area contributed by atoms with Gasteiger partial charge in [-0.1, -0.05) is 23.7 Å². The van der Waals surface area contributed by atoms with E-state index in [1.807, 2.05) is 41.7 Å². The van der Waals surface area contributed by atoms with Crippen molar-refractivity contribution in [3.63, 3.8) is 0 Å². The van der Waals surface area contributed by atoms with Crippen LogP contribution in [0.4, 0.5) is 5.69 Å². The number of benzene rings is 2. The third-order valence-corrected chi connectivity index (χ3v) is 5.04. The van der Waals surface area contributed by atoms with Crippen LogP contribution in [-0.2, 0) is 0 Å². The molecule has 0 aliphatic carbocycles. The maximum Gasteiger partial charge on any atom is 0.0694 e. The van der Waals surface area contributed by atoms with Crippen molar-refractivity contribution >= 4 is 40.8 Å². The van der Waals surface area contributed by atoms with Gasteiger partial charge in [0.1, 0.15) is 0 Å². The Labute approximate surface area is 121 Å². The second-order valence-corrected chi connectivity index (χ2v) is 6.51. The van der Waals surface area contributed by atoms with Crippen molar-refractivity contribution in [1.29, 1.82) is 0 Å². The van der Waals surface area contributed by atoms with E-state index in [0.29, 0.717) is 0 Å². The predicted octanol–water partition coefficient (Wildman–Crippen LogP) is 4.96. The first kappa shape index (κ1) is 12.3. The maximum absolute atomic E-state index is 6.06. The van der Waals surface area contributed by atoms with Gasteiger partial charge in [-0.25, -0.2) is 0 Å². The summed E-state index contributed by atoms with van der Waals surface area (Å²) in [6.45, 7) is 0. The first-order valence-electron chi connectivity index (χ1n) is 5.67. The molecular formula is C14H12ClNS2. The average molecular weight is 294 g/mol. The lowest BCUT2D eigenvalue weighted by Gasteiger charge is -2.26. The van der Waals surface area contributed by atoms with E-state index in [-0.39, 0.29) is 0 Å². The van der Waals surface area contributed by atoms with Gasteiger partial charge < -0.3 is 4.90 Å². The minimum Gasteiger partial charge on any atom is -0.352 e. The van der Waals surface area contributed by atoms with E-state index >= 15 is 0 Å². The molecule has 2 aromatic carbocycles. The van der Waals surface area contributed by atoms with Gasteiger partial charge in [-0.2, -0.15) is 0 Å². The molecule has 18 heavy (non-hydrogen) atoms. The van der Waals surface area contributed by atoms with Gasteiger partial charge >= 0.3 is 0 Å². The second-order valence-electron chi connectivity index (χ2n) is 4.04. The lowest BCUT2D eigenvalue weighted by Crippen LogP contribution is -2.22. The van der Waals surface area contributed by atoms with Crippen LogP contribution in [0.25, 0.3) is 0 Å². The van der Waals surface area contributed by atoms with Gasteiger partial charge in [0.25, 0.3) is 0 Å². The first-order chi connectivity index (χ1) is 8.81. The van der Waals surface area contributed by atoms with E-state index < -0.39 is 0 Å². The van der Waals surface area contributed by atoms with Crippen LogP contribution in [0, 0.1) is 0 Å². The van der Waals surface area contributed by atoms with Crippen LogP contribution in [0.3, 0.4) is 0 Å². The molecule has 0 spiro atoms. The fourth-order valence-corrected chi connectivity index (χ4v) is 4.05. The van der Waals surface area contributed by atoms with E-state index in [1.165, 1.54) is 15.5 Å². The molecule has 1 heterocycles. The Morgan fingerprint density at radius 2 is 1.56 bits per heavy atom. The van der Waals surface area contributed by atoms with Crippen LogP contribution < -0.4 is 4.90 Å². The molecule has 1 aliphatic rings. The number of anilines is 1. The van der Waals surface area contributed by atoms with Crippen molar-refractivity contribution in [2.75, 3.05) is 16.7 Å². The Morgan fingerprint density at radius 3 is 2.22 bits per heavy atom. The van der Waals surface area contributed by atoms with E-state index in [1.54, 1.807) is 0 Å². The highest BCUT2D eigenvalue weighted by atomic mass is 35.5. The van der Waals surface area contributed by atoms with Gasteiger partial charge in [-0.3, -0.25) is 0 Å². The van der Waals surface area contributed by atoms with Crippen LogP contribution in [0.15, 0.2) is 58.3 Å². The Morgan fingerprint density at radius 1 is 0.889 bits per heavy atom. The van der Waals surface area contributed by atoms with E-state index in [2.05, 4.69) is 35.2 Å². The number of hydrogen-bond donors (Lipinski definition) is 0. The van der Waals surface area contributed by atoms with Crippen molar-refractivity contribution in [3.05, 3.63) is 53.6 Å². The number of hydrogen-bond acceptors (Lipinski definition) is 3. The molecule has 1 aliphatic heterocycles. The molecule has 0 atom stereocenters. The molecule has 92 valence electrons. The van der Waals surface area contributed by atoms with Crippen LogP contribution >= 0.6 is 35.1 Å². The summed E-state index contributed by atoms with van der Waals surface area (Å²) in [4.78, 5) is 5.00. The summed E-state index contributed by atoms with van der Waals surface area (Å²) in [5, 5.41) is 0.795. The second kappa shape index (κ2) is 5.47. The largest absolute Gasteiger partial charge is 0.352 e. The third kappa shape index (κ3) is 2.79.